The quantitative estimate of drug-likeness (QED) is 0.473. The van der Waals surface area contributed by atoms with Gasteiger partial charge in [-0.2, -0.15) is 10.2 Å². The molecular weight excluding hydrogens is 324 g/mol. The van der Waals surface area contributed by atoms with Gasteiger partial charge in [-0.1, -0.05) is 17.7 Å². The highest BCUT2D eigenvalue weighted by atomic mass is 35.5. The molecule has 2 aromatic rings. The highest BCUT2D eigenvalue weighted by Crippen LogP contribution is 2.24. The first-order valence-corrected chi connectivity index (χ1v) is 6.60. The molecule has 0 aromatic heterocycles. The van der Waals surface area contributed by atoms with Gasteiger partial charge in [-0.05, 0) is 23.8 Å². The van der Waals surface area contributed by atoms with Gasteiger partial charge in [0.15, 0.2) is 0 Å². The number of hydrogen-bond donors (Lipinski definition) is 0. The lowest BCUT2D eigenvalue weighted by Crippen LogP contribution is -1.91. The first-order valence-electron chi connectivity index (χ1n) is 6.22. The van der Waals surface area contributed by atoms with Gasteiger partial charge in [0.05, 0.1) is 22.3 Å². The van der Waals surface area contributed by atoms with Gasteiger partial charge in [0, 0.05) is 23.8 Å². The molecule has 2 rings (SSSR count). The summed E-state index contributed by atoms with van der Waals surface area (Å²) in [5.74, 6) is 0. The molecular formula is C14H9ClN4O4. The third kappa shape index (κ3) is 4.42. The zero-order valence-corrected chi connectivity index (χ0v) is 12.3. The van der Waals surface area contributed by atoms with Crippen LogP contribution in [-0.2, 0) is 0 Å². The fourth-order valence-electron chi connectivity index (χ4n) is 1.63. The van der Waals surface area contributed by atoms with Gasteiger partial charge in [0.1, 0.15) is 5.02 Å². The van der Waals surface area contributed by atoms with E-state index in [0.29, 0.717) is 11.1 Å². The Bertz CT molecular complexity index is 803. The summed E-state index contributed by atoms with van der Waals surface area (Å²) in [4.78, 5) is 20.2. The third-order valence-corrected chi connectivity index (χ3v) is 3.07. The van der Waals surface area contributed by atoms with Crippen molar-refractivity contribution in [2.75, 3.05) is 0 Å². The first-order chi connectivity index (χ1) is 11.0. The van der Waals surface area contributed by atoms with E-state index in [2.05, 4.69) is 10.2 Å². The zero-order valence-electron chi connectivity index (χ0n) is 11.5. The molecule has 0 fully saturated rings. The van der Waals surface area contributed by atoms with Crippen LogP contribution in [0.25, 0.3) is 0 Å². The molecule has 0 unspecified atom stereocenters. The van der Waals surface area contributed by atoms with Crippen LogP contribution in [-0.4, -0.2) is 22.3 Å². The van der Waals surface area contributed by atoms with Gasteiger partial charge in [0.2, 0.25) is 0 Å². The summed E-state index contributed by atoms with van der Waals surface area (Å²) in [6.07, 6.45) is 2.75. The van der Waals surface area contributed by atoms with Crippen LogP contribution in [0.3, 0.4) is 0 Å². The maximum atomic E-state index is 10.8. The Morgan fingerprint density at radius 1 is 0.870 bits per heavy atom. The van der Waals surface area contributed by atoms with Gasteiger partial charge >= 0.3 is 0 Å². The zero-order chi connectivity index (χ0) is 16.8. The molecule has 0 aliphatic heterocycles. The average Bonchev–Trinajstić information content (AvgIpc) is 2.53. The van der Waals surface area contributed by atoms with E-state index in [4.69, 9.17) is 11.6 Å². The maximum absolute atomic E-state index is 10.8. The number of nitro benzene ring substituents is 2. The molecule has 9 heteroatoms. The number of hydrogen-bond acceptors (Lipinski definition) is 6. The van der Waals surface area contributed by atoms with Crippen molar-refractivity contribution in [2.45, 2.75) is 0 Å². The summed E-state index contributed by atoms with van der Waals surface area (Å²) >= 11 is 5.70. The first kappa shape index (κ1) is 16.2. The Morgan fingerprint density at radius 2 is 1.43 bits per heavy atom. The number of nitrogens with zero attached hydrogens (tertiary/aromatic N) is 4. The van der Waals surface area contributed by atoms with Crippen LogP contribution < -0.4 is 0 Å². The second kappa shape index (κ2) is 7.23. The van der Waals surface area contributed by atoms with Gasteiger partial charge in [-0.3, -0.25) is 20.2 Å². The summed E-state index contributed by atoms with van der Waals surface area (Å²) in [7, 11) is 0. The van der Waals surface area contributed by atoms with Gasteiger partial charge in [0.25, 0.3) is 11.4 Å². The summed E-state index contributed by atoms with van der Waals surface area (Å²) in [5.41, 5.74) is 0.880. The molecule has 2 aromatic carbocycles. The Balaban J connectivity index is 2.07. The van der Waals surface area contributed by atoms with Crippen LogP contribution in [0.15, 0.2) is 52.7 Å². The van der Waals surface area contributed by atoms with Crippen LogP contribution in [0, 0.1) is 20.2 Å². The fraction of sp³-hybridized carbons (Fsp3) is 0. The molecule has 0 N–H and O–H groups in total. The smallest absolute Gasteiger partial charge is 0.258 e. The molecule has 0 spiro atoms. The highest BCUT2D eigenvalue weighted by Gasteiger charge is 2.11. The average molecular weight is 333 g/mol. The highest BCUT2D eigenvalue weighted by molar-refractivity contribution is 6.32. The van der Waals surface area contributed by atoms with Crippen LogP contribution in [0.1, 0.15) is 11.1 Å². The van der Waals surface area contributed by atoms with E-state index in [1.807, 2.05) is 0 Å². The van der Waals surface area contributed by atoms with Crippen molar-refractivity contribution in [1.29, 1.82) is 0 Å². The SMILES string of the molecule is O=[N+]([O-])c1ccc(C=NN=Cc2ccc(Cl)c([N+](=O)[O-])c2)cc1. The predicted molar refractivity (Wildman–Crippen MR) is 86.4 cm³/mol. The predicted octanol–water partition coefficient (Wildman–Crippen LogP) is 3.61. The minimum absolute atomic E-state index is 0.0147. The molecule has 8 nitrogen and oxygen atoms in total. The summed E-state index contributed by atoms with van der Waals surface area (Å²) in [6, 6.07) is 10.0. The lowest BCUT2D eigenvalue weighted by atomic mass is 10.2. The molecule has 0 aliphatic rings. The minimum atomic E-state index is -0.584. The van der Waals surface area contributed by atoms with E-state index in [9.17, 15) is 20.2 Å². The van der Waals surface area contributed by atoms with Crippen molar-refractivity contribution in [1.82, 2.24) is 0 Å². The van der Waals surface area contributed by atoms with E-state index < -0.39 is 9.85 Å². The van der Waals surface area contributed by atoms with Gasteiger partial charge in [-0.25, -0.2) is 0 Å². The number of rotatable bonds is 5. The molecule has 0 radical (unpaired) electrons. The molecule has 0 saturated heterocycles. The molecule has 0 heterocycles. The monoisotopic (exact) mass is 332 g/mol. The van der Waals surface area contributed by atoms with E-state index in [-0.39, 0.29) is 16.4 Å². The molecule has 0 bridgehead atoms. The number of halogens is 1. The minimum Gasteiger partial charge on any atom is -0.258 e. The van der Waals surface area contributed by atoms with Crippen molar-refractivity contribution < 1.29 is 9.85 Å². The van der Waals surface area contributed by atoms with Crippen LogP contribution in [0.2, 0.25) is 5.02 Å². The van der Waals surface area contributed by atoms with E-state index in [1.54, 1.807) is 6.07 Å². The lowest BCUT2D eigenvalue weighted by Gasteiger charge is -1.96. The Morgan fingerprint density at radius 3 is 2.00 bits per heavy atom. The van der Waals surface area contributed by atoms with Crippen molar-refractivity contribution in [2.24, 2.45) is 10.2 Å². The molecule has 0 amide bonds. The van der Waals surface area contributed by atoms with Crippen molar-refractivity contribution in [3.63, 3.8) is 0 Å². The van der Waals surface area contributed by atoms with E-state index in [1.165, 1.54) is 48.8 Å². The van der Waals surface area contributed by atoms with E-state index in [0.717, 1.165) is 0 Å². The standard InChI is InChI=1S/C14H9ClN4O4/c15-13-6-3-11(7-14(13)19(22)23)9-17-16-8-10-1-4-12(5-2-10)18(20)21/h1-9H. The maximum Gasteiger partial charge on any atom is 0.288 e. The molecule has 0 aliphatic carbocycles. The molecule has 0 saturated carbocycles. The Hall–Kier alpha value is -3.13. The van der Waals surface area contributed by atoms with Crippen molar-refractivity contribution >= 4 is 35.4 Å². The number of non-ortho nitro benzene ring substituents is 1. The number of benzene rings is 2. The van der Waals surface area contributed by atoms with Crippen LogP contribution >= 0.6 is 11.6 Å². The Labute approximate surface area is 135 Å². The normalized spacial score (nSPS) is 11.2. The van der Waals surface area contributed by atoms with Crippen LogP contribution in [0.5, 0.6) is 0 Å². The van der Waals surface area contributed by atoms with Crippen molar-refractivity contribution in [3.05, 3.63) is 78.8 Å². The summed E-state index contributed by atoms with van der Waals surface area (Å²) in [6.45, 7) is 0. The lowest BCUT2D eigenvalue weighted by molar-refractivity contribution is -0.385. The molecule has 23 heavy (non-hydrogen) atoms. The third-order valence-electron chi connectivity index (χ3n) is 2.75. The molecule has 0 atom stereocenters. The number of nitro groups is 2. The summed E-state index contributed by atoms with van der Waals surface area (Å²) in [5, 5.41) is 28.9. The van der Waals surface area contributed by atoms with Gasteiger partial charge in [-0.15, -0.1) is 0 Å². The second-order valence-corrected chi connectivity index (χ2v) is 4.71. The topological polar surface area (TPSA) is 111 Å². The molecule has 116 valence electrons. The largest absolute Gasteiger partial charge is 0.288 e. The Kier molecular flexibility index (Phi) is 5.11. The van der Waals surface area contributed by atoms with Crippen molar-refractivity contribution in [3.8, 4) is 0 Å². The fourth-order valence-corrected chi connectivity index (χ4v) is 1.82. The van der Waals surface area contributed by atoms with Gasteiger partial charge < -0.3 is 0 Å². The second-order valence-electron chi connectivity index (χ2n) is 4.31. The summed E-state index contributed by atoms with van der Waals surface area (Å²) < 4.78 is 0. The van der Waals surface area contributed by atoms with E-state index >= 15 is 0 Å². The van der Waals surface area contributed by atoms with Crippen LogP contribution in [0.4, 0.5) is 11.4 Å².